The highest BCUT2D eigenvalue weighted by molar-refractivity contribution is 5.67. The Bertz CT molecular complexity index is 530. The van der Waals surface area contributed by atoms with Gasteiger partial charge < -0.3 is 10.1 Å². The summed E-state index contributed by atoms with van der Waals surface area (Å²) in [5.74, 6) is 1.44. The van der Waals surface area contributed by atoms with E-state index in [1.807, 2.05) is 26.8 Å². The number of ether oxygens (including phenoxy) is 1. The van der Waals surface area contributed by atoms with Gasteiger partial charge in [0.1, 0.15) is 11.4 Å². The third-order valence-corrected chi connectivity index (χ3v) is 4.60. The molecule has 2 rings (SSSR count). The van der Waals surface area contributed by atoms with E-state index in [2.05, 4.69) is 34.0 Å². The van der Waals surface area contributed by atoms with Crippen LogP contribution in [0.1, 0.15) is 53.3 Å². The Hall–Kier alpha value is -1.69. The molecule has 1 saturated heterocycles. The number of piperidine rings is 1. The van der Waals surface area contributed by atoms with Crippen LogP contribution in [0.5, 0.6) is 0 Å². The van der Waals surface area contributed by atoms with E-state index in [0.29, 0.717) is 25.0 Å². The minimum atomic E-state index is -0.476. The average molecular weight is 334 g/mol. The SMILES string of the molecule is C[C@@H]1CC[C@H](CNC(=O)OC(C)(C)C)N(Cc2ncccn2)[C@H]1C. The monoisotopic (exact) mass is 334 g/mol. The second-order valence-electron chi connectivity index (χ2n) is 7.67. The lowest BCUT2D eigenvalue weighted by molar-refractivity contribution is 0.0334. The van der Waals surface area contributed by atoms with Gasteiger partial charge in [-0.1, -0.05) is 6.92 Å². The zero-order valence-corrected chi connectivity index (χ0v) is 15.5. The first-order valence-corrected chi connectivity index (χ1v) is 8.75. The fourth-order valence-corrected chi connectivity index (χ4v) is 3.10. The molecular weight excluding hydrogens is 304 g/mol. The van der Waals surface area contributed by atoms with E-state index < -0.39 is 5.60 Å². The zero-order chi connectivity index (χ0) is 17.7. The van der Waals surface area contributed by atoms with E-state index in [9.17, 15) is 4.79 Å². The van der Waals surface area contributed by atoms with Crippen LogP contribution in [0.25, 0.3) is 0 Å². The molecule has 0 unspecified atom stereocenters. The number of aromatic nitrogens is 2. The molecule has 1 aliphatic heterocycles. The molecular formula is C18H30N4O2. The molecule has 6 nitrogen and oxygen atoms in total. The van der Waals surface area contributed by atoms with Crippen LogP contribution in [0.15, 0.2) is 18.5 Å². The van der Waals surface area contributed by atoms with E-state index in [1.54, 1.807) is 12.4 Å². The summed E-state index contributed by atoms with van der Waals surface area (Å²) >= 11 is 0. The van der Waals surface area contributed by atoms with Gasteiger partial charge in [0.15, 0.2) is 0 Å². The Labute approximate surface area is 145 Å². The van der Waals surface area contributed by atoms with Crippen LogP contribution in [-0.4, -0.2) is 45.2 Å². The fourth-order valence-electron chi connectivity index (χ4n) is 3.10. The molecule has 2 heterocycles. The van der Waals surface area contributed by atoms with Crippen LogP contribution in [0.4, 0.5) is 4.79 Å². The lowest BCUT2D eigenvalue weighted by Crippen LogP contribution is -2.53. The number of rotatable bonds is 4. The average Bonchev–Trinajstić information content (AvgIpc) is 2.50. The highest BCUT2D eigenvalue weighted by Gasteiger charge is 2.33. The van der Waals surface area contributed by atoms with Gasteiger partial charge in [-0.3, -0.25) is 4.90 Å². The molecule has 1 N–H and O–H groups in total. The maximum Gasteiger partial charge on any atom is 0.407 e. The van der Waals surface area contributed by atoms with Gasteiger partial charge in [-0.2, -0.15) is 0 Å². The number of amides is 1. The highest BCUT2D eigenvalue weighted by atomic mass is 16.6. The second-order valence-corrected chi connectivity index (χ2v) is 7.67. The summed E-state index contributed by atoms with van der Waals surface area (Å²) in [6.45, 7) is 11.4. The van der Waals surface area contributed by atoms with Crippen LogP contribution in [-0.2, 0) is 11.3 Å². The van der Waals surface area contributed by atoms with Gasteiger partial charge in [0.2, 0.25) is 0 Å². The number of hydrogen-bond donors (Lipinski definition) is 1. The van der Waals surface area contributed by atoms with Crippen LogP contribution >= 0.6 is 0 Å². The van der Waals surface area contributed by atoms with Crippen LogP contribution in [0, 0.1) is 5.92 Å². The second kappa shape index (κ2) is 7.92. The van der Waals surface area contributed by atoms with E-state index in [-0.39, 0.29) is 12.1 Å². The smallest absolute Gasteiger partial charge is 0.407 e. The molecule has 0 spiro atoms. The van der Waals surface area contributed by atoms with Gasteiger partial charge >= 0.3 is 6.09 Å². The van der Waals surface area contributed by atoms with E-state index in [1.165, 1.54) is 0 Å². The molecule has 1 aromatic rings. The van der Waals surface area contributed by atoms with Crippen molar-refractivity contribution in [3.8, 4) is 0 Å². The first kappa shape index (κ1) is 18.6. The van der Waals surface area contributed by atoms with E-state index >= 15 is 0 Å². The molecule has 0 bridgehead atoms. The van der Waals surface area contributed by atoms with E-state index in [0.717, 1.165) is 18.7 Å². The quantitative estimate of drug-likeness (QED) is 0.917. The Morgan fingerprint density at radius 1 is 1.29 bits per heavy atom. The molecule has 3 atom stereocenters. The van der Waals surface area contributed by atoms with Crippen molar-refractivity contribution in [2.75, 3.05) is 6.54 Å². The molecule has 1 amide bonds. The standard InChI is InChI=1S/C18H30N4O2/c1-13-7-8-15(11-21-17(23)24-18(3,4)5)22(14(13)2)12-16-19-9-6-10-20-16/h6,9-10,13-15H,7-8,11-12H2,1-5H3,(H,21,23)/t13-,14+,15-/m1/s1. The van der Waals surface area contributed by atoms with Gasteiger partial charge in [-0.25, -0.2) is 14.8 Å². The molecule has 24 heavy (non-hydrogen) atoms. The molecule has 1 aliphatic rings. The van der Waals surface area contributed by atoms with Gasteiger partial charge in [0.25, 0.3) is 0 Å². The number of nitrogens with zero attached hydrogens (tertiary/aromatic N) is 3. The molecule has 0 aliphatic carbocycles. The van der Waals surface area contributed by atoms with E-state index in [4.69, 9.17) is 4.74 Å². The number of carbonyl (C=O) groups is 1. The molecule has 0 radical (unpaired) electrons. The minimum absolute atomic E-state index is 0.271. The normalized spacial score (nSPS) is 25.3. The van der Waals surface area contributed by atoms with Crippen molar-refractivity contribution in [3.05, 3.63) is 24.3 Å². The van der Waals surface area contributed by atoms with Crippen molar-refractivity contribution in [3.63, 3.8) is 0 Å². The van der Waals surface area contributed by atoms with Crippen LogP contribution in [0.3, 0.4) is 0 Å². The summed E-state index contributed by atoms with van der Waals surface area (Å²) in [4.78, 5) is 23.0. The molecule has 6 heteroatoms. The number of carbonyl (C=O) groups excluding carboxylic acids is 1. The van der Waals surface area contributed by atoms with Crippen molar-refractivity contribution < 1.29 is 9.53 Å². The third kappa shape index (κ3) is 5.44. The highest BCUT2D eigenvalue weighted by Crippen LogP contribution is 2.28. The van der Waals surface area contributed by atoms with Crippen LogP contribution < -0.4 is 5.32 Å². The van der Waals surface area contributed by atoms with Crippen molar-refractivity contribution >= 4 is 6.09 Å². The Kier molecular flexibility index (Phi) is 6.15. The summed E-state index contributed by atoms with van der Waals surface area (Å²) in [6, 6.07) is 2.52. The Morgan fingerprint density at radius 3 is 2.58 bits per heavy atom. The lowest BCUT2D eigenvalue weighted by atomic mass is 9.87. The molecule has 1 aromatic heterocycles. The first-order chi connectivity index (χ1) is 11.3. The van der Waals surface area contributed by atoms with Crippen LogP contribution in [0.2, 0.25) is 0 Å². The number of hydrogen-bond acceptors (Lipinski definition) is 5. The Morgan fingerprint density at radius 2 is 1.96 bits per heavy atom. The molecule has 1 fully saturated rings. The molecule has 134 valence electrons. The summed E-state index contributed by atoms with van der Waals surface area (Å²) in [7, 11) is 0. The van der Waals surface area contributed by atoms with Gasteiger partial charge in [-0.05, 0) is 52.5 Å². The van der Waals surface area contributed by atoms with Gasteiger partial charge in [-0.15, -0.1) is 0 Å². The molecule has 0 saturated carbocycles. The van der Waals surface area contributed by atoms with Crippen molar-refractivity contribution in [2.24, 2.45) is 5.92 Å². The predicted octanol–water partition coefficient (Wildman–Crippen LogP) is 2.99. The number of nitrogens with one attached hydrogen (secondary N) is 1. The maximum atomic E-state index is 11.9. The van der Waals surface area contributed by atoms with Crippen molar-refractivity contribution in [1.29, 1.82) is 0 Å². The summed E-state index contributed by atoms with van der Waals surface area (Å²) in [5.41, 5.74) is -0.476. The fraction of sp³-hybridized carbons (Fsp3) is 0.722. The minimum Gasteiger partial charge on any atom is -0.444 e. The predicted molar refractivity (Wildman–Crippen MR) is 93.5 cm³/mol. The Balaban J connectivity index is 1.99. The number of alkyl carbamates (subject to hydrolysis) is 1. The topological polar surface area (TPSA) is 67.3 Å². The lowest BCUT2D eigenvalue weighted by Gasteiger charge is -2.43. The summed E-state index contributed by atoms with van der Waals surface area (Å²) in [6.07, 6.45) is 5.40. The number of likely N-dealkylation sites (tertiary alicyclic amines) is 1. The van der Waals surface area contributed by atoms with Gasteiger partial charge in [0, 0.05) is 31.0 Å². The first-order valence-electron chi connectivity index (χ1n) is 8.75. The zero-order valence-electron chi connectivity index (χ0n) is 15.5. The summed E-state index contributed by atoms with van der Waals surface area (Å²) < 4.78 is 5.34. The maximum absolute atomic E-state index is 11.9. The van der Waals surface area contributed by atoms with Crippen molar-refractivity contribution in [2.45, 2.75) is 71.7 Å². The molecule has 0 aromatic carbocycles. The third-order valence-electron chi connectivity index (χ3n) is 4.60. The summed E-state index contributed by atoms with van der Waals surface area (Å²) in [5, 5.41) is 2.92. The largest absolute Gasteiger partial charge is 0.444 e. The van der Waals surface area contributed by atoms with Gasteiger partial charge in [0.05, 0.1) is 6.54 Å². The van der Waals surface area contributed by atoms with Crippen molar-refractivity contribution in [1.82, 2.24) is 20.2 Å².